The molecule has 1 saturated carbocycles. The molecule has 0 bridgehead atoms. The molecule has 3 N–H and O–H groups in total. The van der Waals surface area contributed by atoms with E-state index in [1.165, 1.54) is 0 Å². The summed E-state index contributed by atoms with van der Waals surface area (Å²) in [5.41, 5.74) is 4.59. The van der Waals surface area contributed by atoms with Crippen molar-refractivity contribution in [3.63, 3.8) is 0 Å². The van der Waals surface area contributed by atoms with Crippen LogP contribution in [0.5, 0.6) is 0 Å². The van der Waals surface area contributed by atoms with Crippen LogP contribution in [-0.2, 0) is 28.5 Å². The SMILES string of the molecule is CO[C@@H]1[C@H](OC(=O)N[C@@H](C(N)=O)C(C)C)CC[C@]2(CO2)[C@H]1[C@@]1(C)O[C@@H]1C[C@@H]1OC1(C)C. The highest BCUT2D eigenvalue weighted by Gasteiger charge is 2.73. The van der Waals surface area contributed by atoms with Gasteiger partial charge < -0.3 is 34.7 Å². The van der Waals surface area contributed by atoms with Gasteiger partial charge in [-0.05, 0) is 39.5 Å². The van der Waals surface area contributed by atoms with Gasteiger partial charge in [0, 0.05) is 13.5 Å². The van der Waals surface area contributed by atoms with Crippen LogP contribution in [0.15, 0.2) is 0 Å². The fraction of sp³-hybridized carbons (Fsp3) is 0.909. The van der Waals surface area contributed by atoms with Crippen LogP contribution in [0, 0.1) is 11.8 Å². The maximum atomic E-state index is 12.6. The fourth-order valence-electron chi connectivity index (χ4n) is 5.45. The maximum Gasteiger partial charge on any atom is 0.408 e. The molecule has 31 heavy (non-hydrogen) atoms. The molecule has 1 aliphatic carbocycles. The molecular weight excluding hydrogens is 404 g/mol. The molecule has 4 fully saturated rings. The van der Waals surface area contributed by atoms with Crippen molar-refractivity contribution in [3.05, 3.63) is 0 Å². The van der Waals surface area contributed by atoms with E-state index in [0.29, 0.717) is 13.0 Å². The molecule has 0 aromatic heterocycles. The molecule has 176 valence electrons. The zero-order chi connectivity index (χ0) is 22.8. The zero-order valence-corrected chi connectivity index (χ0v) is 19.3. The number of rotatable bonds is 8. The quantitative estimate of drug-likeness (QED) is 0.548. The highest BCUT2D eigenvalue weighted by molar-refractivity contribution is 5.84. The minimum Gasteiger partial charge on any atom is -0.443 e. The number of nitrogens with two attached hydrogens (primary N) is 1. The second-order valence-electron chi connectivity index (χ2n) is 10.5. The van der Waals surface area contributed by atoms with Crippen molar-refractivity contribution >= 4 is 12.0 Å². The predicted molar refractivity (Wildman–Crippen MR) is 110 cm³/mol. The number of nitrogens with one attached hydrogen (secondary N) is 1. The largest absolute Gasteiger partial charge is 0.443 e. The topological polar surface area (TPSA) is 128 Å². The third-order valence-corrected chi connectivity index (χ3v) is 7.59. The van der Waals surface area contributed by atoms with E-state index >= 15 is 0 Å². The van der Waals surface area contributed by atoms with Crippen LogP contribution in [0.3, 0.4) is 0 Å². The van der Waals surface area contributed by atoms with Gasteiger partial charge in [-0.25, -0.2) is 4.79 Å². The summed E-state index contributed by atoms with van der Waals surface area (Å²) in [7, 11) is 1.63. The molecule has 1 spiro atoms. The minimum absolute atomic E-state index is 0.0516. The molecule has 2 amide bonds. The summed E-state index contributed by atoms with van der Waals surface area (Å²) in [4.78, 5) is 24.2. The maximum absolute atomic E-state index is 12.6. The lowest BCUT2D eigenvalue weighted by Gasteiger charge is -2.42. The average Bonchev–Trinajstić information content (AvgIpc) is 3.62. The fourth-order valence-corrected chi connectivity index (χ4v) is 5.45. The molecule has 3 aliphatic heterocycles. The van der Waals surface area contributed by atoms with Gasteiger partial charge in [-0.15, -0.1) is 0 Å². The van der Waals surface area contributed by atoms with Crippen molar-refractivity contribution in [1.82, 2.24) is 5.32 Å². The lowest BCUT2D eigenvalue weighted by atomic mass is 9.68. The number of hydrogen-bond acceptors (Lipinski definition) is 7. The van der Waals surface area contributed by atoms with Gasteiger partial charge in [0.25, 0.3) is 0 Å². The molecule has 0 radical (unpaired) electrons. The van der Waals surface area contributed by atoms with E-state index in [-0.39, 0.29) is 41.3 Å². The highest BCUT2D eigenvalue weighted by atomic mass is 16.6. The normalized spacial score (nSPS) is 43.4. The number of amides is 2. The van der Waals surface area contributed by atoms with Crippen LogP contribution >= 0.6 is 0 Å². The molecule has 0 aromatic rings. The van der Waals surface area contributed by atoms with Gasteiger partial charge in [-0.1, -0.05) is 13.8 Å². The number of alkyl carbamates (subject to hydrolysis) is 1. The molecule has 4 rings (SSSR count). The van der Waals surface area contributed by atoms with E-state index in [1.54, 1.807) is 7.11 Å². The first-order valence-corrected chi connectivity index (χ1v) is 11.2. The average molecular weight is 441 g/mol. The second-order valence-corrected chi connectivity index (χ2v) is 10.5. The van der Waals surface area contributed by atoms with Gasteiger partial charge in [-0.2, -0.15) is 0 Å². The van der Waals surface area contributed by atoms with E-state index in [2.05, 4.69) is 26.1 Å². The van der Waals surface area contributed by atoms with Crippen molar-refractivity contribution < 1.29 is 33.3 Å². The Morgan fingerprint density at radius 1 is 1.19 bits per heavy atom. The Bertz CT molecular complexity index is 737. The van der Waals surface area contributed by atoms with Crippen molar-refractivity contribution in [2.45, 2.75) is 101 Å². The smallest absolute Gasteiger partial charge is 0.408 e. The standard InChI is InChI=1S/C22H36N2O7/c1-11(2)15(18(23)25)24-19(26)29-12-7-8-22(10-28-22)17(16(12)27-6)21(5)14(31-21)9-13-20(3,4)30-13/h11-17H,7-10H2,1-6H3,(H2,23,25)(H,24,26)/t12-,13+,14-,15-,16-,17-,21+,22+/m1/s1. The highest BCUT2D eigenvalue weighted by Crippen LogP contribution is 2.60. The van der Waals surface area contributed by atoms with Crippen molar-refractivity contribution in [3.8, 4) is 0 Å². The third-order valence-electron chi connectivity index (χ3n) is 7.59. The van der Waals surface area contributed by atoms with Gasteiger partial charge in [0.05, 0.1) is 30.3 Å². The van der Waals surface area contributed by atoms with E-state index in [1.807, 2.05) is 13.8 Å². The second kappa shape index (κ2) is 7.57. The monoisotopic (exact) mass is 440 g/mol. The summed E-state index contributed by atoms with van der Waals surface area (Å²) >= 11 is 0. The first kappa shape index (κ1) is 22.8. The summed E-state index contributed by atoms with van der Waals surface area (Å²) in [6.07, 6.45) is 0.934. The molecule has 0 unspecified atom stereocenters. The molecule has 8 atom stereocenters. The van der Waals surface area contributed by atoms with Crippen LogP contribution < -0.4 is 11.1 Å². The van der Waals surface area contributed by atoms with E-state index in [9.17, 15) is 9.59 Å². The Labute approximate surface area is 183 Å². The zero-order valence-electron chi connectivity index (χ0n) is 19.3. The van der Waals surface area contributed by atoms with Gasteiger partial charge in [-0.3, -0.25) is 4.79 Å². The number of epoxide rings is 3. The Morgan fingerprint density at radius 3 is 2.32 bits per heavy atom. The Balaban J connectivity index is 1.44. The number of carbonyl (C=O) groups excluding carboxylic acids is 2. The van der Waals surface area contributed by atoms with E-state index in [0.717, 1.165) is 12.8 Å². The third kappa shape index (κ3) is 4.17. The van der Waals surface area contributed by atoms with Gasteiger partial charge in [0.15, 0.2) is 0 Å². The van der Waals surface area contributed by atoms with Crippen LogP contribution in [0.4, 0.5) is 4.79 Å². The first-order valence-electron chi connectivity index (χ1n) is 11.2. The van der Waals surface area contributed by atoms with Gasteiger partial charge in [0.1, 0.15) is 29.5 Å². The van der Waals surface area contributed by atoms with Crippen LogP contribution in [0.2, 0.25) is 0 Å². The number of methoxy groups -OCH3 is 1. The van der Waals surface area contributed by atoms with Crippen molar-refractivity contribution in [2.24, 2.45) is 17.6 Å². The predicted octanol–water partition coefficient (Wildman–Crippen LogP) is 1.51. The lowest BCUT2D eigenvalue weighted by molar-refractivity contribution is -0.123. The van der Waals surface area contributed by atoms with Gasteiger partial charge in [0.2, 0.25) is 5.91 Å². The van der Waals surface area contributed by atoms with Crippen molar-refractivity contribution in [1.29, 1.82) is 0 Å². The van der Waals surface area contributed by atoms with Gasteiger partial charge >= 0.3 is 6.09 Å². The molecule has 0 aromatic carbocycles. The Morgan fingerprint density at radius 2 is 1.84 bits per heavy atom. The van der Waals surface area contributed by atoms with E-state index < -0.39 is 29.7 Å². The summed E-state index contributed by atoms with van der Waals surface area (Å²) in [5.74, 6) is -0.798. The molecule has 3 heterocycles. The van der Waals surface area contributed by atoms with Crippen LogP contribution in [0.25, 0.3) is 0 Å². The number of primary amides is 1. The van der Waals surface area contributed by atoms with Crippen molar-refractivity contribution in [2.75, 3.05) is 13.7 Å². The first-order chi connectivity index (χ1) is 14.4. The molecular formula is C22H36N2O7. The number of carbonyl (C=O) groups is 2. The Hall–Kier alpha value is -1.42. The molecule has 9 nitrogen and oxygen atoms in total. The summed E-state index contributed by atoms with van der Waals surface area (Å²) in [6.45, 7) is 10.5. The molecule has 3 saturated heterocycles. The Kier molecular flexibility index (Phi) is 5.56. The summed E-state index contributed by atoms with van der Waals surface area (Å²) in [5, 5.41) is 2.60. The summed E-state index contributed by atoms with van der Waals surface area (Å²) in [6, 6.07) is -0.790. The molecule has 9 heteroatoms. The van der Waals surface area contributed by atoms with E-state index in [4.69, 9.17) is 29.4 Å². The number of ether oxygens (including phenoxy) is 5. The van der Waals surface area contributed by atoms with Crippen LogP contribution in [-0.4, -0.2) is 73.0 Å². The lowest BCUT2D eigenvalue weighted by Crippen LogP contribution is -2.57. The summed E-state index contributed by atoms with van der Waals surface area (Å²) < 4.78 is 29.5. The number of hydrogen-bond donors (Lipinski definition) is 2. The minimum atomic E-state index is -0.790. The molecule has 4 aliphatic rings. The van der Waals surface area contributed by atoms with Crippen LogP contribution in [0.1, 0.15) is 53.9 Å².